The number of nitrogens with one attached hydrogen (secondary N) is 1. The monoisotopic (exact) mass is 471 g/mol. The lowest BCUT2D eigenvalue weighted by atomic mass is 10.1. The van der Waals surface area contributed by atoms with Crippen molar-refractivity contribution < 1.29 is 28.8 Å². The second-order valence-electron chi connectivity index (χ2n) is 7.55. The van der Waals surface area contributed by atoms with Crippen molar-refractivity contribution >= 4 is 28.5 Å². The Bertz CT molecular complexity index is 1180. The van der Waals surface area contributed by atoms with Gasteiger partial charge in [0.05, 0.1) is 18.7 Å². The Hall–Kier alpha value is -3.16. The number of halogens is 1. The summed E-state index contributed by atoms with van der Waals surface area (Å²) in [5.41, 5.74) is 2.41. The highest BCUT2D eigenvalue weighted by Crippen LogP contribution is 2.31. The Labute approximate surface area is 195 Å². The number of aliphatic hydroxyl groups excluding tert-OH is 1. The van der Waals surface area contributed by atoms with E-state index in [9.17, 15) is 9.90 Å². The van der Waals surface area contributed by atoms with E-state index in [0.29, 0.717) is 28.4 Å². The molecule has 172 valence electrons. The molecule has 3 aromatic rings. The number of ketones is 1. The van der Waals surface area contributed by atoms with E-state index in [1.54, 1.807) is 24.3 Å². The van der Waals surface area contributed by atoms with Gasteiger partial charge in [0.15, 0.2) is 17.5 Å². The normalized spacial score (nSPS) is 23.5. The Morgan fingerprint density at radius 1 is 1.24 bits per heavy atom. The van der Waals surface area contributed by atoms with Gasteiger partial charge in [-0.05, 0) is 24.6 Å². The summed E-state index contributed by atoms with van der Waals surface area (Å²) in [6.45, 7) is 2.24. The zero-order valence-electron chi connectivity index (χ0n) is 17.7. The maximum atomic E-state index is 11.5. The Morgan fingerprint density at radius 2 is 2.03 bits per heavy atom. The molecule has 1 aromatic carbocycles. The van der Waals surface area contributed by atoms with Crippen LogP contribution in [0.1, 0.15) is 22.8 Å². The molecule has 0 bridgehead atoms. The van der Waals surface area contributed by atoms with Gasteiger partial charge in [-0.3, -0.25) is 4.79 Å². The molecule has 10 heteroatoms. The molecule has 2 N–H and O–H groups in total. The Morgan fingerprint density at radius 3 is 2.82 bits per heavy atom. The molecule has 33 heavy (non-hydrogen) atoms. The van der Waals surface area contributed by atoms with Crippen LogP contribution < -0.4 is 9.47 Å². The van der Waals surface area contributed by atoms with Crippen molar-refractivity contribution in [1.29, 1.82) is 0 Å². The van der Waals surface area contributed by atoms with Crippen molar-refractivity contribution in [3.63, 3.8) is 0 Å². The third-order valence-electron chi connectivity index (χ3n) is 5.33. The highest BCUT2D eigenvalue weighted by atomic mass is 35.5. The number of Topliss-reactive ketones (excluding diaryl/α,β-unsaturated/α-hetero) is 1. The molecule has 9 nitrogen and oxygen atoms in total. The summed E-state index contributed by atoms with van der Waals surface area (Å²) in [6, 6.07) is 9.10. The molecule has 0 amide bonds. The number of imidazole rings is 1. The van der Waals surface area contributed by atoms with Gasteiger partial charge in [-0.1, -0.05) is 29.8 Å². The van der Waals surface area contributed by atoms with Crippen molar-refractivity contribution in [2.24, 2.45) is 0 Å². The summed E-state index contributed by atoms with van der Waals surface area (Å²) in [7, 11) is 0. The maximum absolute atomic E-state index is 11.5. The van der Waals surface area contributed by atoms with Crippen LogP contribution in [0.3, 0.4) is 0 Å². The first-order chi connectivity index (χ1) is 16.0. The number of fused-ring (bicyclic) bond motifs is 2. The minimum Gasteiger partial charge on any atom is -0.472 e. The van der Waals surface area contributed by atoms with E-state index in [1.807, 2.05) is 6.07 Å². The Balaban J connectivity index is 0.00000126. The van der Waals surface area contributed by atoms with E-state index >= 15 is 0 Å². The second-order valence-corrected chi connectivity index (χ2v) is 7.96. The van der Waals surface area contributed by atoms with E-state index in [0.717, 1.165) is 5.56 Å². The number of hydrogen-bond acceptors (Lipinski definition) is 8. The van der Waals surface area contributed by atoms with Gasteiger partial charge >= 0.3 is 0 Å². The van der Waals surface area contributed by atoms with Crippen LogP contribution in [0.2, 0.25) is 5.02 Å². The van der Waals surface area contributed by atoms with Crippen LogP contribution in [-0.4, -0.2) is 63.5 Å². The first kappa shape index (κ1) is 23.0. The van der Waals surface area contributed by atoms with Gasteiger partial charge in [-0.15, -0.1) is 12.8 Å². The molecule has 1 unspecified atom stereocenters. The number of carbonyl (C=O) groups is 1. The zero-order valence-corrected chi connectivity index (χ0v) is 18.5. The van der Waals surface area contributed by atoms with Crippen molar-refractivity contribution in [2.45, 2.75) is 37.9 Å². The molecule has 2 aliphatic rings. The van der Waals surface area contributed by atoms with Crippen molar-refractivity contribution in [2.75, 3.05) is 13.2 Å². The molecule has 2 aromatic heterocycles. The van der Waals surface area contributed by atoms with E-state index < -0.39 is 6.10 Å². The summed E-state index contributed by atoms with van der Waals surface area (Å²) in [4.78, 5) is 23.3. The van der Waals surface area contributed by atoms with Crippen LogP contribution in [0.25, 0.3) is 11.2 Å². The number of pyridine rings is 1. The van der Waals surface area contributed by atoms with Gasteiger partial charge in [0.1, 0.15) is 29.9 Å². The van der Waals surface area contributed by atoms with Crippen LogP contribution in [-0.2, 0) is 16.1 Å². The number of aromatic amines is 1. The third-order valence-corrected chi connectivity index (χ3v) is 5.60. The average Bonchev–Trinajstić information content (AvgIpc) is 3.50. The van der Waals surface area contributed by atoms with Gasteiger partial charge in [0, 0.05) is 5.56 Å². The fourth-order valence-electron chi connectivity index (χ4n) is 3.76. The fraction of sp³-hybridized carbons (Fsp3) is 0.348. The second kappa shape index (κ2) is 9.77. The first-order valence-electron chi connectivity index (χ1n) is 10.2. The van der Waals surface area contributed by atoms with Crippen LogP contribution in [0.15, 0.2) is 30.3 Å². The number of hydrogen-bond donors (Lipinski definition) is 2. The number of aliphatic hydroxyl groups is 1. The minimum absolute atomic E-state index is 0.0139. The number of H-pyrrole nitrogens is 1. The van der Waals surface area contributed by atoms with Crippen LogP contribution >= 0.6 is 11.6 Å². The van der Waals surface area contributed by atoms with Crippen LogP contribution in [0, 0.1) is 12.8 Å². The van der Waals surface area contributed by atoms with Gasteiger partial charge in [-0.25, -0.2) is 0 Å². The van der Waals surface area contributed by atoms with Crippen molar-refractivity contribution in [3.05, 3.63) is 46.5 Å². The van der Waals surface area contributed by atoms with Gasteiger partial charge < -0.3 is 29.0 Å². The number of nitrogens with zero attached hydrogens (tertiary/aromatic N) is 2. The molecule has 0 spiro atoms. The standard InChI is InChI=1S/C21H20ClN3O6.C2H2/c1-10(26)12-4-2-3-11(5-12)7-30-20-13(22)6-14-19(24-20)25-21(23-14)31-16-9-29-17-15(27)8-28-18(16)17;1-2/h2-6,15-18,27H,7-9H2,1H3,(H,23,24,25);1-2H/t15-,16-,17-,18?;/m1./s1. The van der Waals surface area contributed by atoms with Crippen LogP contribution in [0.5, 0.6) is 11.9 Å². The molecule has 0 aliphatic carbocycles. The third kappa shape index (κ3) is 4.79. The van der Waals surface area contributed by atoms with Gasteiger partial charge in [0.2, 0.25) is 5.88 Å². The van der Waals surface area contributed by atoms with Crippen LogP contribution in [0.4, 0.5) is 0 Å². The predicted octanol–water partition coefficient (Wildman–Crippen LogP) is 2.55. The van der Waals surface area contributed by atoms with E-state index in [4.69, 9.17) is 30.5 Å². The molecule has 0 saturated carbocycles. The number of aromatic nitrogens is 3. The average molecular weight is 472 g/mol. The largest absolute Gasteiger partial charge is 0.472 e. The predicted molar refractivity (Wildman–Crippen MR) is 119 cm³/mol. The molecule has 2 saturated heterocycles. The molecule has 0 radical (unpaired) electrons. The van der Waals surface area contributed by atoms with E-state index in [1.165, 1.54) is 6.92 Å². The lowest BCUT2D eigenvalue weighted by Crippen LogP contribution is -2.34. The summed E-state index contributed by atoms with van der Waals surface area (Å²) in [5.74, 6) is 0.215. The highest BCUT2D eigenvalue weighted by molar-refractivity contribution is 6.32. The number of benzene rings is 1. The fourth-order valence-corrected chi connectivity index (χ4v) is 3.96. The maximum Gasteiger partial charge on any atom is 0.296 e. The molecule has 5 rings (SSSR count). The molecule has 4 atom stereocenters. The quantitative estimate of drug-likeness (QED) is 0.416. The minimum atomic E-state index is -0.648. The van der Waals surface area contributed by atoms with Crippen molar-refractivity contribution in [3.8, 4) is 24.7 Å². The number of carbonyl (C=O) groups excluding carboxylic acids is 1. The van der Waals surface area contributed by atoms with Gasteiger partial charge in [0.25, 0.3) is 6.01 Å². The molecule has 4 heterocycles. The molecular formula is C23H22ClN3O6. The molecule has 2 fully saturated rings. The lowest BCUT2D eigenvalue weighted by molar-refractivity contribution is 0.00706. The molecular weight excluding hydrogens is 450 g/mol. The summed E-state index contributed by atoms with van der Waals surface area (Å²) >= 11 is 6.32. The topological polar surface area (TPSA) is 116 Å². The summed E-state index contributed by atoms with van der Waals surface area (Å²) in [5, 5.41) is 10.2. The van der Waals surface area contributed by atoms with Gasteiger partial charge in [-0.2, -0.15) is 9.97 Å². The Kier molecular flexibility index (Phi) is 6.81. The van der Waals surface area contributed by atoms with E-state index in [-0.39, 0.29) is 49.2 Å². The van der Waals surface area contributed by atoms with E-state index in [2.05, 4.69) is 27.8 Å². The first-order valence-corrected chi connectivity index (χ1v) is 10.6. The zero-order chi connectivity index (χ0) is 23.5. The SMILES string of the molecule is C#C.CC(=O)c1cccc(COc2nc3nc(O[C@@H]4CO[C@H]5C4OC[C@H]5O)[nH]c3cc2Cl)c1. The number of terminal acetylenes is 1. The highest BCUT2D eigenvalue weighted by Gasteiger charge is 2.48. The lowest BCUT2D eigenvalue weighted by Gasteiger charge is -2.15. The smallest absolute Gasteiger partial charge is 0.296 e. The number of rotatable bonds is 6. The summed E-state index contributed by atoms with van der Waals surface area (Å²) < 4.78 is 22.8. The molecule has 2 aliphatic heterocycles. The van der Waals surface area contributed by atoms with Crippen molar-refractivity contribution in [1.82, 2.24) is 15.0 Å². The number of ether oxygens (including phenoxy) is 4. The summed E-state index contributed by atoms with van der Waals surface area (Å²) in [6.07, 6.45) is 6.24.